The Labute approximate surface area is 75.2 Å². The largest absolute Gasteiger partial charge is 0.346 e. The Bertz CT molecular complexity index is 481. The van der Waals surface area contributed by atoms with E-state index in [2.05, 4.69) is 10.1 Å². The van der Waals surface area contributed by atoms with Gasteiger partial charge in [-0.25, -0.2) is 0 Å². The van der Waals surface area contributed by atoms with Crippen LogP contribution >= 0.6 is 0 Å². The number of fused-ring (bicyclic) bond motifs is 1. The lowest BCUT2D eigenvalue weighted by molar-refractivity contribution is 0.776. The molecule has 0 saturated carbocycles. The van der Waals surface area contributed by atoms with Crippen LogP contribution in [0.15, 0.2) is 23.1 Å². The summed E-state index contributed by atoms with van der Waals surface area (Å²) in [5, 5.41) is 4.18. The van der Waals surface area contributed by atoms with E-state index in [1.165, 1.54) is 10.6 Å². The van der Waals surface area contributed by atoms with E-state index in [0.717, 1.165) is 11.3 Å². The van der Waals surface area contributed by atoms with Gasteiger partial charge in [0, 0.05) is 18.3 Å². The van der Waals surface area contributed by atoms with Gasteiger partial charge in [-0.3, -0.25) is 4.79 Å². The Balaban J connectivity index is 2.76. The number of nitrogens with zero attached hydrogens (tertiary/aromatic N) is 2. The van der Waals surface area contributed by atoms with Crippen molar-refractivity contribution in [3.8, 4) is 0 Å². The van der Waals surface area contributed by atoms with Gasteiger partial charge in [0.2, 0.25) is 0 Å². The Morgan fingerprint density at radius 2 is 2.31 bits per heavy atom. The maximum Gasteiger partial charge on any atom is 0.274 e. The molecule has 4 heteroatoms. The fraction of sp³-hybridized carbons (Fsp3) is 0.333. The first kappa shape index (κ1) is 8.04. The van der Waals surface area contributed by atoms with Crippen LogP contribution in [0.2, 0.25) is 0 Å². The fourth-order valence-corrected chi connectivity index (χ4v) is 1.22. The van der Waals surface area contributed by atoms with Gasteiger partial charge >= 0.3 is 0 Å². The second kappa shape index (κ2) is 2.73. The fourth-order valence-electron chi connectivity index (χ4n) is 1.22. The highest BCUT2D eigenvalue weighted by atomic mass is 16.1. The molecular weight excluding hydrogens is 166 g/mol. The molecule has 2 aromatic rings. The molecule has 0 aromatic carbocycles. The van der Waals surface area contributed by atoms with Gasteiger partial charge in [0.25, 0.3) is 5.56 Å². The molecule has 0 aliphatic rings. The molecule has 2 aromatic heterocycles. The zero-order chi connectivity index (χ0) is 9.42. The normalized spacial score (nSPS) is 11.3. The molecule has 0 fully saturated rings. The summed E-state index contributed by atoms with van der Waals surface area (Å²) in [6, 6.07) is 3.36. The second-order valence-corrected chi connectivity index (χ2v) is 3.34. The Hall–Kier alpha value is -1.58. The molecule has 0 aliphatic heterocycles. The third-order valence-electron chi connectivity index (χ3n) is 1.99. The summed E-state index contributed by atoms with van der Waals surface area (Å²) in [5.41, 5.74) is 1.58. The molecule has 0 unspecified atom stereocenters. The van der Waals surface area contributed by atoms with Crippen LogP contribution in [-0.4, -0.2) is 14.6 Å². The molecule has 0 aliphatic carbocycles. The van der Waals surface area contributed by atoms with E-state index >= 15 is 0 Å². The summed E-state index contributed by atoms with van der Waals surface area (Å²) in [7, 11) is 0. The van der Waals surface area contributed by atoms with Crippen molar-refractivity contribution in [1.82, 2.24) is 14.6 Å². The van der Waals surface area contributed by atoms with Crippen molar-refractivity contribution in [2.24, 2.45) is 0 Å². The average molecular weight is 177 g/mol. The molecule has 0 radical (unpaired) electrons. The predicted molar refractivity (Wildman–Crippen MR) is 49.9 cm³/mol. The first-order chi connectivity index (χ1) is 6.18. The van der Waals surface area contributed by atoms with Gasteiger partial charge in [0.05, 0.1) is 5.69 Å². The van der Waals surface area contributed by atoms with Crippen molar-refractivity contribution >= 4 is 5.65 Å². The highest BCUT2D eigenvalue weighted by molar-refractivity contribution is 5.38. The van der Waals surface area contributed by atoms with E-state index in [9.17, 15) is 4.79 Å². The minimum absolute atomic E-state index is 0.0966. The lowest BCUT2D eigenvalue weighted by Gasteiger charge is -1.94. The van der Waals surface area contributed by atoms with Crippen LogP contribution in [0, 0.1) is 0 Å². The van der Waals surface area contributed by atoms with Gasteiger partial charge in [0.15, 0.2) is 0 Å². The average Bonchev–Trinajstić information content (AvgIpc) is 2.49. The first-order valence-corrected chi connectivity index (χ1v) is 4.26. The monoisotopic (exact) mass is 177 g/mol. The molecule has 2 heterocycles. The van der Waals surface area contributed by atoms with Crippen LogP contribution in [0.1, 0.15) is 25.5 Å². The van der Waals surface area contributed by atoms with Crippen LogP contribution in [0.25, 0.3) is 5.65 Å². The molecule has 0 amide bonds. The van der Waals surface area contributed by atoms with Crippen molar-refractivity contribution in [3.63, 3.8) is 0 Å². The molecule has 13 heavy (non-hydrogen) atoms. The summed E-state index contributed by atoms with van der Waals surface area (Å²) in [4.78, 5) is 14.3. The highest BCUT2D eigenvalue weighted by Gasteiger charge is 2.06. The number of aromatic nitrogens is 3. The van der Waals surface area contributed by atoms with Gasteiger partial charge in [-0.2, -0.15) is 9.61 Å². The molecule has 0 atom stereocenters. The highest BCUT2D eigenvalue weighted by Crippen LogP contribution is 2.11. The van der Waals surface area contributed by atoms with Crippen LogP contribution in [0.4, 0.5) is 0 Å². The minimum Gasteiger partial charge on any atom is -0.346 e. The van der Waals surface area contributed by atoms with Crippen LogP contribution in [0.3, 0.4) is 0 Å². The number of H-pyrrole nitrogens is 1. The molecule has 2 rings (SSSR count). The Morgan fingerprint density at radius 1 is 1.54 bits per heavy atom. The zero-order valence-corrected chi connectivity index (χ0v) is 7.61. The summed E-state index contributed by atoms with van der Waals surface area (Å²) < 4.78 is 1.38. The van der Waals surface area contributed by atoms with Crippen LogP contribution < -0.4 is 5.56 Å². The second-order valence-electron chi connectivity index (χ2n) is 3.34. The molecular formula is C9H11N3O. The zero-order valence-electron chi connectivity index (χ0n) is 7.61. The smallest absolute Gasteiger partial charge is 0.274 e. The van der Waals surface area contributed by atoms with E-state index in [4.69, 9.17) is 0 Å². The van der Waals surface area contributed by atoms with E-state index in [1.807, 2.05) is 19.9 Å². The quantitative estimate of drug-likeness (QED) is 0.710. The molecule has 1 N–H and O–H groups in total. The van der Waals surface area contributed by atoms with Gasteiger partial charge in [0.1, 0.15) is 5.65 Å². The van der Waals surface area contributed by atoms with E-state index in [0.29, 0.717) is 5.92 Å². The Morgan fingerprint density at radius 3 is 2.92 bits per heavy atom. The molecule has 68 valence electrons. The molecule has 4 nitrogen and oxygen atoms in total. The van der Waals surface area contributed by atoms with Crippen molar-refractivity contribution in [2.45, 2.75) is 19.8 Å². The molecule has 0 bridgehead atoms. The first-order valence-electron chi connectivity index (χ1n) is 4.26. The number of hydrogen-bond acceptors (Lipinski definition) is 2. The summed E-state index contributed by atoms with van der Waals surface area (Å²) in [6.45, 7) is 4.10. The molecule has 0 saturated heterocycles. The van der Waals surface area contributed by atoms with Gasteiger partial charge in [-0.05, 0) is 5.92 Å². The summed E-state index contributed by atoms with van der Waals surface area (Å²) in [5.74, 6) is 0.340. The predicted octanol–water partition coefficient (Wildman–Crippen LogP) is 1.15. The topological polar surface area (TPSA) is 50.2 Å². The van der Waals surface area contributed by atoms with Crippen molar-refractivity contribution < 1.29 is 0 Å². The third kappa shape index (κ3) is 1.24. The van der Waals surface area contributed by atoms with Gasteiger partial charge < -0.3 is 4.98 Å². The van der Waals surface area contributed by atoms with Crippen molar-refractivity contribution in [2.75, 3.05) is 0 Å². The molecule has 0 spiro atoms. The third-order valence-corrected chi connectivity index (χ3v) is 1.99. The maximum atomic E-state index is 11.3. The minimum atomic E-state index is -0.0966. The number of hydrogen-bond donors (Lipinski definition) is 1. The van der Waals surface area contributed by atoms with Crippen LogP contribution in [-0.2, 0) is 0 Å². The maximum absolute atomic E-state index is 11.3. The number of aromatic amines is 1. The lowest BCUT2D eigenvalue weighted by atomic mass is 10.1. The van der Waals surface area contributed by atoms with E-state index < -0.39 is 0 Å². The van der Waals surface area contributed by atoms with Crippen molar-refractivity contribution in [3.05, 3.63) is 34.4 Å². The van der Waals surface area contributed by atoms with E-state index in [-0.39, 0.29) is 5.56 Å². The Kier molecular flexibility index (Phi) is 1.69. The van der Waals surface area contributed by atoms with Crippen molar-refractivity contribution in [1.29, 1.82) is 0 Å². The summed E-state index contributed by atoms with van der Waals surface area (Å²) in [6.07, 6.45) is 1.63. The number of rotatable bonds is 1. The van der Waals surface area contributed by atoms with Crippen LogP contribution in [0.5, 0.6) is 0 Å². The SMILES string of the molecule is CC(C)c1cc2[nH]ccc(=O)n2n1. The van der Waals surface area contributed by atoms with Gasteiger partial charge in [-0.15, -0.1) is 0 Å². The van der Waals surface area contributed by atoms with Gasteiger partial charge in [-0.1, -0.05) is 13.8 Å². The lowest BCUT2D eigenvalue weighted by Crippen LogP contribution is -2.12. The number of nitrogens with one attached hydrogen (secondary N) is 1. The summed E-state index contributed by atoms with van der Waals surface area (Å²) >= 11 is 0. The standard InChI is InChI=1S/C9H11N3O/c1-6(2)7-5-8-10-4-3-9(13)12(8)11-7/h3-6,10H,1-2H3. The van der Waals surface area contributed by atoms with E-state index in [1.54, 1.807) is 6.20 Å².